The second-order valence-electron chi connectivity index (χ2n) is 6.92. The van der Waals surface area contributed by atoms with Crippen molar-refractivity contribution >= 4 is 11.9 Å². The van der Waals surface area contributed by atoms with Crippen LogP contribution in [0.5, 0.6) is 0 Å². The predicted octanol–water partition coefficient (Wildman–Crippen LogP) is 1.44. The molecule has 1 atom stereocenters. The van der Waals surface area contributed by atoms with Crippen LogP contribution in [-0.4, -0.2) is 50.2 Å². The third-order valence-corrected chi connectivity index (χ3v) is 2.88. The number of esters is 1. The van der Waals surface area contributed by atoms with E-state index in [2.05, 4.69) is 6.08 Å². The molecule has 0 aromatic rings. The molecule has 0 aliphatic rings. The molecular weight excluding hydrogens is 282 g/mol. The maximum atomic E-state index is 11.9. The number of carboxylic acid groups (broad SMARTS) is 1. The predicted molar refractivity (Wildman–Crippen MR) is 84.8 cm³/mol. The summed E-state index contributed by atoms with van der Waals surface area (Å²) in [5.74, 6) is -1.70. The molecule has 0 aromatic heterocycles. The fourth-order valence-electron chi connectivity index (χ4n) is 2.00. The summed E-state index contributed by atoms with van der Waals surface area (Å²) in [7, 11) is 5.74. The summed E-state index contributed by atoms with van der Waals surface area (Å²) in [5.41, 5.74) is 2.16. The van der Waals surface area contributed by atoms with Gasteiger partial charge in [-0.2, -0.15) is 0 Å². The zero-order valence-electron chi connectivity index (χ0n) is 14.6. The van der Waals surface area contributed by atoms with Crippen LogP contribution in [0.2, 0.25) is 0 Å². The molecule has 0 rings (SSSR count). The number of carbonyl (C=O) groups is 2. The molecule has 0 spiro atoms. The third-order valence-electron chi connectivity index (χ3n) is 2.88. The lowest BCUT2D eigenvalue weighted by atomic mass is 10.1. The van der Waals surface area contributed by atoms with Gasteiger partial charge in [0.25, 0.3) is 0 Å². The Labute approximate surface area is 133 Å². The van der Waals surface area contributed by atoms with Crippen molar-refractivity contribution in [1.29, 1.82) is 0 Å². The Bertz CT molecular complexity index is 440. The summed E-state index contributed by atoms with van der Waals surface area (Å²) in [6.07, 6.45) is 4.24. The Morgan fingerprint density at radius 2 is 1.77 bits per heavy atom. The number of hydrogen-bond acceptors (Lipinski definition) is 4. The number of carbonyl (C=O) groups excluding carboxylic acids is 2. The van der Waals surface area contributed by atoms with E-state index in [1.165, 1.54) is 11.6 Å². The summed E-state index contributed by atoms with van der Waals surface area (Å²) in [4.78, 5) is 22.7. The molecule has 0 bridgehead atoms. The first-order chi connectivity index (χ1) is 9.99. The molecule has 0 aromatic carbocycles. The molecule has 0 aliphatic carbocycles. The number of nitrogens with zero attached hydrogens (tertiary/aromatic N) is 1. The van der Waals surface area contributed by atoms with Crippen LogP contribution in [0.15, 0.2) is 23.3 Å². The molecule has 126 valence electrons. The van der Waals surface area contributed by atoms with E-state index in [-0.39, 0.29) is 6.42 Å². The minimum Gasteiger partial charge on any atom is -0.550 e. The number of likely N-dealkylation sites (N-methyl/N-ethyl adjacent to an activating group) is 1. The van der Waals surface area contributed by atoms with E-state index in [0.29, 0.717) is 11.0 Å². The van der Waals surface area contributed by atoms with E-state index in [9.17, 15) is 14.7 Å². The number of aliphatic carboxylic acids is 1. The van der Waals surface area contributed by atoms with Gasteiger partial charge in [0.15, 0.2) is 6.10 Å². The first-order valence-corrected chi connectivity index (χ1v) is 7.51. The standard InChI is InChI=1S/C17H29NO4/c1-13(2)8-7-9-14(3)10-17(21)22-15(11-16(19)20)12-18(4,5)6/h8,10,15H,7,9,11-12H2,1-6H3/b14-10+. The number of hydrogen-bond donors (Lipinski definition) is 0. The quantitative estimate of drug-likeness (QED) is 0.280. The Kier molecular flexibility index (Phi) is 8.72. The number of ether oxygens (including phenoxy) is 1. The number of quaternary nitrogens is 1. The average molecular weight is 311 g/mol. The van der Waals surface area contributed by atoms with Crippen molar-refractivity contribution in [3.63, 3.8) is 0 Å². The molecule has 0 amide bonds. The molecule has 0 radical (unpaired) electrons. The fraction of sp³-hybridized carbons (Fsp3) is 0.647. The molecule has 1 unspecified atom stereocenters. The Hall–Kier alpha value is -1.62. The topological polar surface area (TPSA) is 66.4 Å². The van der Waals surface area contributed by atoms with Crippen LogP contribution in [0.4, 0.5) is 0 Å². The minimum atomic E-state index is -1.21. The van der Waals surface area contributed by atoms with E-state index in [1.807, 2.05) is 41.9 Å². The number of rotatable bonds is 9. The molecule has 0 saturated carbocycles. The van der Waals surface area contributed by atoms with Crippen molar-refractivity contribution in [1.82, 2.24) is 0 Å². The van der Waals surface area contributed by atoms with E-state index >= 15 is 0 Å². The SMILES string of the molecule is CC(C)=CCC/C(C)=C/C(=O)OC(CC(=O)[O-])C[N+](C)(C)C. The largest absolute Gasteiger partial charge is 0.550 e. The van der Waals surface area contributed by atoms with Crippen molar-refractivity contribution in [3.05, 3.63) is 23.3 Å². The summed E-state index contributed by atoms with van der Waals surface area (Å²) >= 11 is 0. The number of allylic oxidation sites excluding steroid dienone is 3. The first-order valence-electron chi connectivity index (χ1n) is 7.51. The Morgan fingerprint density at radius 3 is 2.23 bits per heavy atom. The summed E-state index contributed by atoms with van der Waals surface area (Å²) in [5, 5.41) is 10.8. The van der Waals surface area contributed by atoms with Crippen molar-refractivity contribution in [2.45, 2.75) is 46.1 Å². The average Bonchev–Trinajstić information content (AvgIpc) is 2.23. The van der Waals surface area contributed by atoms with Crippen LogP contribution in [0.25, 0.3) is 0 Å². The van der Waals surface area contributed by atoms with Gasteiger partial charge in [0, 0.05) is 18.5 Å². The van der Waals surface area contributed by atoms with Gasteiger partial charge in [0.1, 0.15) is 6.54 Å². The maximum absolute atomic E-state index is 11.9. The van der Waals surface area contributed by atoms with Gasteiger partial charge in [0.2, 0.25) is 0 Å². The molecule has 0 fully saturated rings. The van der Waals surface area contributed by atoms with Crippen LogP contribution < -0.4 is 5.11 Å². The van der Waals surface area contributed by atoms with Gasteiger partial charge in [-0.15, -0.1) is 0 Å². The summed E-state index contributed by atoms with van der Waals surface area (Å²) in [6, 6.07) is 0. The van der Waals surface area contributed by atoms with Crippen LogP contribution in [0, 0.1) is 0 Å². The van der Waals surface area contributed by atoms with Gasteiger partial charge >= 0.3 is 5.97 Å². The van der Waals surface area contributed by atoms with Gasteiger partial charge < -0.3 is 19.1 Å². The normalized spacial score (nSPS) is 13.5. The molecule has 0 N–H and O–H groups in total. The van der Waals surface area contributed by atoms with Gasteiger partial charge in [-0.3, -0.25) is 0 Å². The van der Waals surface area contributed by atoms with E-state index in [1.54, 1.807) is 0 Å². The van der Waals surface area contributed by atoms with Crippen molar-refractivity contribution in [3.8, 4) is 0 Å². The van der Waals surface area contributed by atoms with Gasteiger partial charge in [-0.25, -0.2) is 4.79 Å². The van der Waals surface area contributed by atoms with Crippen molar-refractivity contribution in [2.75, 3.05) is 27.7 Å². The van der Waals surface area contributed by atoms with Crippen LogP contribution in [0.3, 0.4) is 0 Å². The van der Waals surface area contributed by atoms with Gasteiger partial charge in [0.05, 0.1) is 21.1 Å². The maximum Gasteiger partial charge on any atom is 0.331 e. The molecule has 22 heavy (non-hydrogen) atoms. The molecule has 5 nitrogen and oxygen atoms in total. The highest BCUT2D eigenvalue weighted by atomic mass is 16.5. The van der Waals surface area contributed by atoms with Gasteiger partial charge in [-0.1, -0.05) is 17.2 Å². The lowest BCUT2D eigenvalue weighted by Gasteiger charge is -2.29. The van der Waals surface area contributed by atoms with Crippen LogP contribution in [0.1, 0.15) is 40.0 Å². The van der Waals surface area contributed by atoms with Crippen LogP contribution >= 0.6 is 0 Å². The van der Waals surface area contributed by atoms with E-state index in [4.69, 9.17) is 4.74 Å². The fourth-order valence-corrected chi connectivity index (χ4v) is 2.00. The number of carboxylic acids is 1. The summed E-state index contributed by atoms with van der Waals surface area (Å²) in [6.45, 7) is 6.35. The van der Waals surface area contributed by atoms with Crippen molar-refractivity contribution < 1.29 is 23.9 Å². The first kappa shape index (κ1) is 20.4. The second kappa shape index (κ2) is 9.41. The monoisotopic (exact) mass is 311 g/mol. The molecule has 0 aliphatic heterocycles. The van der Waals surface area contributed by atoms with Gasteiger partial charge in [-0.05, 0) is 33.6 Å². The third kappa shape index (κ3) is 12.1. The molecule has 5 heteroatoms. The minimum absolute atomic E-state index is 0.286. The Morgan fingerprint density at radius 1 is 1.18 bits per heavy atom. The van der Waals surface area contributed by atoms with E-state index in [0.717, 1.165) is 18.4 Å². The zero-order chi connectivity index (χ0) is 17.3. The summed E-state index contributed by atoms with van der Waals surface area (Å²) < 4.78 is 5.78. The zero-order valence-corrected chi connectivity index (χ0v) is 14.6. The lowest BCUT2D eigenvalue weighted by Crippen LogP contribution is -2.45. The van der Waals surface area contributed by atoms with Crippen molar-refractivity contribution in [2.24, 2.45) is 0 Å². The second-order valence-corrected chi connectivity index (χ2v) is 6.92. The highest BCUT2D eigenvalue weighted by molar-refractivity contribution is 5.83. The van der Waals surface area contributed by atoms with Crippen LogP contribution in [-0.2, 0) is 14.3 Å². The highest BCUT2D eigenvalue weighted by Crippen LogP contribution is 2.09. The lowest BCUT2D eigenvalue weighted by molar-refractivity contribution is -0.873. The van der Waals surface area contributed by atoms with E-state index < -0.39 is 18.0 Å². The smallest absolute Gasteiger partial charge is 0.331 e. The highest BCUT2D eigenvalue weighted by Gasteiger charge is 2.21. The Balaban J connectivity index is 4.60. The molecule has 0 heterocycles. The molecule has 0 saturated heterocycles. The molecular formula is C17H29NO4.